The van der Waals surface area contributed by atoms with Gasteiger partial charge in [0.2, 0.25) is 5.95 Å². The van der Waals surface area contributed by atoms with E-state index in [1.165, 1.54) is 5.56 Å². The third-order valence-corrected chi connectivity index (χ3v) is 4.37. The molecule has 1 N–H and O–H groups in total. The van der Waals surface area contributed by atoms with Crippen LogP contribution in [0.4, 0.5) is 17.3 Å². The number of rotatable bonds is 6. The largest absolute Gasteiger partial charge is 0.321 e. The van der Waals surface area contributed by atoms with Crippen LogP contribution in [-0.2, 0) is 6.42 Å². The van der Waals surface area contributed by atoms with Crippen molar-refractivity contribution in [3.8, 4) is 0 Å². The van der Waals surface area contributed by atoms with Crippen molar-refractivity contribution < 1.29 is 4.79 Å². The van der Waals surface area contributed by atoms with E-state index in [1.807, 2.05) is 61.2 Å². The minimum absolute atomic E-state index is 0.247. The molecule has 1 heterocycles. The van der Waals surface area contributed by atoms with E-state index < -0.39 is 0 Å². The van der Waals surface area contributed by atoms with Gasteiger partial charge in [0.05, 0.1) is 0 Å². The highest BCUT2D eigenvalue weighted by molar-refractivity contribution is 6.03. The second-order valence-corrected chi connectivity index (χ2v) is 6.33. The molecular formula is C22H24N4O. The fourth-order valence-electron chi connectivity index (χ4n) is 2.86. The van der Waals surface area contributed by atoms with Gasteiger partial charge in [0, 0.05) is 24.1 Å². The predicted molar refractivity (Wildman–Crippen MR) is 110 cm³/mol. The first kappa shape index (κ1) is 18.6. The van der Waals surface area contributed by atoms with Crippen molar-refractivity contribution in [3.05, 3.63) is 77.6 Å². The number of aryl methyl sites for hydroxylation is 2. The normalized spacial score (nSPS) is 10.5. The first-order valence-corrected chi connectivity index (χ1v) is 9.18. The van der Waals surface area contributed by atoms with E-state index in [4.69, 9.17) is 0 Å². The monoisotopic (exact) mass is 360 g/mol. The second-order valence-electron chi connectivity index (χ2n) is 6.33. The molecule has 1 aromatic heterocycles. The van der Waals surface area contributed by atoms with Crippen LogP contribution in [0.5, 0.6) is 0 Å². The third kappa shape index (κ3) is 4.50. The molecule has 0 bridgehead atoms. The molecule has 0 atom stereocenters. The highest BCUT2D eigenvalue weighted by Crippen LogP contribution is 2.22. The molecule has 0 fully saturated rings. The summed E-state index contributed by atoms with van der Waals surface area (Å²) in [5.41, 5.74) is 4.49. The lowest BCUT2D eigenvalue weighted by Gasteiger charge is -2.21. The summed E-state index contributed by atoms with van der Waals surface area (Å²) < 4.78 is 0. The summed E-state index contributed by atoms with van der Waals surface area (Å²) in [5, 5.41) is 2.89. The molecule has 0 saturated carbocycles. The van der Waals surface area contributed by atoms with Crippen LogP contribution in [0.1, 0.15) is 35.5 Å². The van der Waals surface area contributed by atoms with Crippen LogP contribution < -0.4 is 10.2 Å². The molecule has 0 aliphatic rings. The number of carbonyl (C=O) groups is 1. The van der Waals surface area contributed by atoms with E-state index in [9.17, 15) is 4.79 Å². The fourth-order valence-corrected chi connectivity index (χ4v) is 2.86. The van der Waals surface area contributed by atoms with Crippen molar-refractivity contribution in [1.29, 1.82) is 0 Å². The number of carbonyl (C=O) groups excluding carboxylic acids is 1. The first-order chi connectivity index (χ1) is 13.1. The highest BCUT2D eigenvalue weighted by atomic mass is 16.1. The summed E-state index contributed by atoms with van der Waals surface area (Å²) in [6.45, 7) is 6.89. The summed E-state index contributed by atoms with van der Waals surface area (Å²) >= 11 is 0. The van der Waals surface area contributed by atoms with E-state index in [1.54, 1.807) is 12.3 Å². The fraction of sp³-hybridized carbons (Fsp3) is 0.227. The van der Waals surface area contributed by atoms with Crippen molar-refractivity contribution in [3.63, 3.8) is 0 Å². The molecule has 0 unspecified atom stereocenters. The minimum atomic E-state index is -0.247. The number of benzene rings is 2. The standard InChI is InChI=1S/C22H24N4O/c1-4-17-9-11-18(12-10-17)24-21(27)20-13-14-23-22(25-20)26(5-2)19-8-6-7-16(3)15-19/h6-15H,4-5H2,1-3H3,(H,24,27). The summed E-state index contributed by atoms with van der Waals surface area (Å²) in [6, 6.07) is 17.6. The van der Waals surface area contributed by atoms with Crippen LogP contribution in [-0.4, -0.2) is 22.4 Å². The molecular weight excluding hydrogens is 336 g/mol. The van der Waals surface area contributed by atoms with E-state index in [0.29, 0.717) is 18.2 Å². The van der Waals surface area contributed by atoms with E-state index in [-0.39, 0.29) is 5.91 Å². The molecule has 0 spiro atoms. The summed E-state index contributed by atoms with van der Waals surface area (Å²) in [5.74, 6) is 0.264. The van der Waals surface area contributed by atoms with Gasteiger partial charge in [-0.2, -0.15) is 0 Å². The summed E-state index contributed by atoms with van der Waals surface area (Å²) in [6.07, 6.45) is 2.59. The lowest BCUT2D eigenvalue weighted by atomic mass is 10.1. The van der Waals surface area contributed by atoms with Gasteiger partial charge in [0.1, 0.15) is 5.69 Å². The van der Waals surface area contributed by atoms with E-state index in [2.05, 4.69) is 28.3 Å². The Balaban J connectivity index is 1.82. The van der Waals surface area contributed by atoms with Gasteiger partial charge in [0.15, 0.2) is 0 Å². The number of nitrogens with zero attached hydrogens (tertiary/aromatic N) is 3. The van der Waals surface area contributed by atoms with Crippen molar-refractivity contribution in [2.45, 2.75) is 27.2 Å². The van der Waals surface area contributed by atoms with Gasteiger partial charge in [-0.15, -0.1) is 0 Å². The van der Waals surface area contributed by atoms with Crippen LogP contribution in [0.2, 0.25) is 0 Å². The van der Waals surface area contributed by atoms with Crippen LogP contribution in [0, 0.1) is 6.92 Å². The number of nitrogens with one attached hydrogen (secondary N) is 1. The molecule has 5 nitrogen and oxygen atoms in total. The molecule has 2 aromatic carbocycles. The average molecular weight is 360 g/mol. The number of hydrogen-bond donors (Lipinski definition) is 1. The zero-order valence-electron chi connectivity index (χ0n) is 15.9. The van der Waals surface area contributed by atoms with Gasteiger partial charge >= 0.3 is 0 Å². The van der Waals surface area contributed by atoms with Crippen molar-refractivity contribution >= 4 is 23.2 Å². The zero-order chi connectivity index (χ0) is 19.2. The van der Waals surface area contributed by atoms with Gasteiger partial charge < -0.3 is 10.2 Å². The van der Waals surface area contributed by atoms with Crippen LogP contribution in [0.15, 0.2) is 60.8 Å². The Morgan fingerprint density at radius 2 is 1.85 bits per heavy atom. The van der Waals surface area contributed by atoms with E-state index in [0.717, 1.165) is 23.4 Å². The topological polar surface area (TPSA) is 58.1 Å². The number of hydrogen-bond acceptors (Lipinski definition) is 4. The van der Waals surface area contributed by atoms with Gasteiger partial charge in [0.25, 0.3) is 5.91 Å². The van der Waals surface area contributed by atoms with Gasteiger partial charge in [-0.3, -0.25) is 4.79 Å². The first-order valence-electron chi connectivity index (χ1n) is 9.18. The van der Waals surface area contributed by atoms with Crippen molar-refractivity contribution in [2.75, 3.05) is 16.8 Å². The Hall–Kier alpha value is -3.21. The molecule has 27 heavy (non-hydrogen) atoms. The zero-order valence-corrected chi connectivity index (χ0v) is 15.9. The lowest BCUT2D eigenvalue weighted by Crippen LogP contribution is -2.21. The molecule has 3 rings (SSSR count). The van der Waals surface area contributed by atoms with Crippen LogP contribution in [0.3, 0.4) is 0 Å². The smallest absolute Gasteiger partial charge is 0.274 e. The van der Waals surface area contributed by atoms with Crippen LogP contribution in [0.25, 0.3) is 0 Å². The highest BCUT2D eigenvalue weighted by Gasteiger charge is 2.14. The molecule has 3 aromatic rings. The Morgan fingerprint density at radius 3 is 2.52 bits per heavy atom. The Kier molecular flexibility index (Phi) is 5.81. The average Bonchev–Trinajstić information content (AvgIpc) is 2.69. The number of amides is 1. The molecule has 1 amide bonds. The Bertz CT molecular complexity index is 922. The van der Waals surface area contributed by atoms with Gasteiger partial charge in [-0.1, -0.05) is 31.2 Å². The van der Waals surface area contributed by atoms with Crippen molar-refractivity contribution in [2.24, 2.45) is 0 Å². The quantitative estimate of drug-likeness (QED) is 0.689. The maximum absolute atomic E-state index is 12.6. The van der Waals surface area contributed by atoms with Crippen molar-refractivity contribution in [1.82, 2.24) is 9.97 Å². The maximum Gasteiger partial charge on any atom is 0.274 e. The van der Waals surface area contributed by atoms with E-state index >= 15 is 0 Å². The molecule has 0 radical (unpaired) electrons. The SMILES string of the molecule is CCc1ccc(NC(=O)c2ccnc(N(CC)c3cccc(C)c3)n2)cc1. The molecule has 138 valence electrons. The minimum Gasteiger partial charge on any atom is -0.321 e. The van der Waals surface area contributed by atoms with Gasteiger partial charge in [-0.05, 0) is 61.7 Å². The van der Waals surface area contributed by atoms with Gasteiger partial charge in [-0.25, -0.2) is 9.97 Å². The predicted octanol–water partition coefficient (Wildman–Crippen LogP) is 4.76. The lowest BCUT2D eigenvalue weighted by molar-refractivity contribution is 0.102. The molecule has 5 heteroatoms. The third-order valence-electron chi connectivity index (χ3n) is 4.37. The Labute approximate surface area is 160 Å². The molecule has 0 aliphatic carbocycles. The maximum atomic E-state index is 12.6. The second kappa shape index (κ2) is 8.45. The van der Waals surface area contributed by atoms with Crippen LogP contribution >= 0.6 is 0 Å². The molecule has 0 aliphatic heterocycles. The Morgan fingerprint density at radius 1 is 1.07 bits per heavy atom. The summed E-state index contributed by atoms with van der Waals surface area (Å²) in [4.78, 5) is 23.4. The number of aromatic nitrogens is 2. The number of anilines is 3. The molecule has 0 saturated heterocycles. The summed E-state index contributed by atoms with van der Waals surface area (Å²) in [7, 11) is 0.